The van der Waals surface area contributed by atoms with Gasteiger partial charge in [0.25, 0.3) is 5.89 Å². The first-order valence-electron chi connectivity index (χ1n) is 8.24. The van der Waals surface area contributed by atoms with Crippen LogP contribution < -0.4 is 4.74 Å². The molecule has 1 aliphatic carbocycles. The van der Waals surface area contributed by atoms with Crippen molar-refractivity contribution in [1.82, 2.24) is 10.1 Å². The molecule has 0 N–H and O–H groups in total. The summed E-state index contributed by atoms with van der Waals surface area (Å²) in [5, 5.41) is 3.72. The van der Waals surface area contributed by atoms with Crippen LogP contribution in [0.25, 0.3) is 0 Å². The zero-order chi connectivity index (χ0) is 16.1. The second-order valence-electron chi connectivity index (χ2n) is 6.12. The monoisotopic (exact) mass is 314 g/mol. The molecule has 5 nitrogen and oxygen atoms in total. The van der Waals surface area contributed by atoms with Crippen molar-refractivity contribution in [2.75, 3.05) is 0 Å². The van der Waals surface area contributed by atoms with E-state index < -0.39 is 0 Å². The van der Waals surface area contributed by atoms with Crippen LogP contribution >= 0.6 is 0 Å². The van der Waals surface area contributed by atoms with Crippen molar-refractivity contribution < 1.29 is 14.1 Å². The molecule has 1 saturated carbocycles. The third kappa shape index (κ3) is 4.41. The molecule has 1 aliphatic rings. The number of benzene rings is 1. The molecular weight excluding hydrogens is 292 g/mol. The first-order valence-corrected chi connectivity index (χ1v) is 8.24. The van der Waals surface area contributed by atoms with Crippen molar-refractivity contribution in [1.29, 1.82) is 0 Å². The maximum atomic E-state index is 12.1. The second kappa shape index (κ2) is 7.40. The van der Waals surface area contributed by atoms with Gasteiger partial charge in [0.05, 0.1) is 0 Å². The summed E-state index contributed by atoms with van der Waals surface area (Å²) in [5.41, 5.74) is 1.16. The summed E-state index contributed by atoms with van der Waals surface area (Å²) in [6, 6.07) is 7.85. The van der Waals surface area contributed by atoms with Gasteiger partial charge in [-0.25, -0.2) is 0 Å². The van der Waals surface area contributed by atoms with Gasteiger partial charge in [-0.05, 0) is 43.9 Å². The van der Waals surface area contributed by atoms with E-state index in [4.69, 9.17) is 9.26 Å². The Bertz CT molecular complexity index is 643. The van der Waals surface area contributed by atoms with Crippen LogP contribution in [0.2, 0.25) is 0 Å². The molecule has 1 aromatic carbocycles. The minimum Gasteiger partial charge on any atom is -0.484 e. The second-order valence-corrected chi connectivity index (χ2v) is 6.12. The fraction of sp³-hybridized carbons (Fsp3) is 0.500. The molecule has 0 aliphatic heterocycles. The molecule has 0 atom stereocenters. The van der Waals surface area contributed by atoms with Crippen molar-refractivity contribution in [2.24, 2.45) is 5.92 Å². The summed E-state index contributed by atoms with van der Waals surface area (Å²) in [6.45, 7) is 2.04. The Kier molecular flexibility index (Phi) is 5.05. The molecular formula is C18H22N2O3. The minimum absolute atomic E-state index is 0.264. The molecule has 0 amide bonds. The van der Waals surface area contributed by atoms with Crippen molar-refractivity contribution in [2.45, 2.75) is 52.1 Å². The van der Waals surface area contributed by atoms with Gasteiger partial charge in [0, 0.05) is 12.3 Å². The minimum atomic E-state index is 0.264. The van der Waals surface area contributed by atoms with Crippen LogP contribution in [0.15, 0.2) is 28.8 Å². The molecule has 1 heterocycles. The lowest BCUT2D eigenvalue weighted by atomic mass is 9.97. The van der Waals surface area contributed by atoms with Crippen molar-refractivity contribution >= 4 is 5.78 Å². The van der Waals surface area contributed by atoms with Crippen molar-refractivity contribution in [3.63, 3.8) is 0 Å². The summed E-state index contributed by atoms with van der Waals surface area (Å²) in [5.74, 6) is 2.57. The standard InChI is InChI=1S/C18H22N2O3/c1-13-19-18(23-20-13)12-22-16-9-6-14(7-10-16)8-11-17(21)15-4-2-3-5-15/h6-7,9-10,15H,2-5,8,11-12H2,1H3. The summed E-state index contributed by atoms with van der Waals surface area (Å²) in [6.07, 6.45) is 6.04. The smallest absolute Gasteiger partial charge is 0.264 e. The Morgan fingerprint density at radius 2 is 2.00 bits per heavy atom. The largest absolute Gasteiger partial charge is 0.484 e. The Balaban J connectivity index is 1.45. The number of aromatic nitrogens is 2. The van der Waals surface area contributed by atoms with Gasteiger partial charge in [0.1, 0.15) is 11.5 Å². The van der Waals surface area contributed by atoms with Crippen LogP contribution in [0.4, 0.5) is 0 Å². The molecule has 1 aromatic heterocycles. The molecule has 1 fully saturated rings. The van der Waals surface area contributed by atoms with Crippen LogP contribution in [0, 0.1) is 12.8 Å². The molecule has 0 radical (unpaired) electrons. The number of carbonyl (C=O) groups is 1. The summed E-state index contributed by atoms with van der Waals surface area (Å²) in [7, 11) is 0. The Labute approximate surface area is 136 Å². The highest BCUT2D eigenvalue weighted by atomic mass is 16.5. The molecule has 122 valence electrons. The normalized spacial score (nSPS) is 15.0. The van der Waals surface area contributed by atoms with Crippen LogP contribution in [0.3, 0.4) is 0 Å². The van der Waals surface area contributed by atoms with Crippen LogP contribution in [-0.2, 0) is 17.8 Å². The zero-order valence-electron chi connectivity index (χ0n) is 13.5. The fourth-order valence-corrected chi connectivity index (χ4v) is 3.02. The number of rotatable bonds is 7. The summed E-state index contributed by atoms with van der Waals surface area (Å²) in [4.78, 5) is 16.2. The maximum Gasteiger partial charge on any atom is 0.264 e. The summed E-state index contributed by atoms with van der Waals surface area (Å²) >= 11 is 0. The quantitative estimate of drug-likeness (QED) is 0.780. The van der Waals surface area contributed by atoms with Gasteiger partial charge < -0.3 is 9.26 Å². The van der Waals surface area contributed by atoms with E-state index in [1.54, 1.807) is 6.92 Å². The van der Waals surface area contributed by atoms with E-state index in [1.165, 1.54) is 12.8 Å². The lowest BCUT2D eigenvalue weighted by Crippen LogP contribution is -2.11. The van der Waals surface area contributed by atoms with Gasteiger partial charge in [-0.2, -0.15) is 4.98 Å². The average molecular weight is 314 g/mol. The van der Waals surface area contributed by atoms with Crippen LogP contribution in [0.5, 0.6) is 5.75 Å². The fourth-order valence-electron chi connectivity index (χ4n) is 3.02. The van der Waals surface area contributed by atoms with Gasteiger partial charge >= 0.3 is 0 Å². The third-order valence-corrected chi connectivity index (χ3v) is 4.33. The number of aryl methyl sites for hydroxylation is 2. The maximum absolute atomic E-state index is 12.1. The van der Waals surface area contributed by atoms with Crippen LogP contribution in [0.1, 0.15) is 49.4 Å². The number of Topliss-reactive ketones (excluding diaryl/α,β-unsaturated/α-hetero) is 1. The highest BCUT2D eigenvalue weighted by Gasteiger charge is 2.21. The van der Waals surface area contributed by atoms with Gasteiger partial charge in [-0.15, -0.1) is 0 Å². The van der Waals surface area contributed by atoms with E-state index >= 15 is 0 Å². The molecule has 5 heteroatoms. The molecule has 3 rings (SSSR count). The SMILES string of the molecule is Cc1noc(COc2ccc(CCC(=O)C3CCCC3)cc2)n1. The van der Waals surface area contributed by atoms with Gasteiger partial charge in [-0.1, -0.05) is 30.1 Å². The first-order chi connectivity index (χ1) is 11.2. The zero-order valence-corrected chi connectivity index (χ0v) is 13.5. The van der Waals surface area contributed by atoms with E-state index in [2.05, 4.69) is 10.1 Å². The van der Waals surface area contributed by atoms with Crippen molar-refractivity contribution in [3.8, 4) is 5.75 Å². The number of carbonyl (C=O) groups excluding carboxylic acids is 1. The number of nitrogens with zero attached hydrogens (tertiary/aromatic N) is 2. The molecule has 0 bridgehead atoms. The third-order valence-electron chi connectivity index (χ3n) is 4.33. The molecule has 0 saturated heterocycles. The van der Waals surface area contributed by atoms with E-state index in [1.807, 2.05) is 24.3 Å². The first kappa shape index (κ1) is 15.7. The number of ether oxygens (including phenoxy) is 1. The predicted molar refractivity (Wildman–Crippen MR) is 85.1 cm³/mol. The average Bonchev–Trinajstić information content (AvgIpc) is 3.23. The van der Waals surface area contributed by atoms with E-state index in [0.717, 1.165) is 30.6 Å². The van der Waals surface area contributed by atoms with Gasteiger partial charge in [-0.3, -0.25) is 4.79 Å². The van der Waals surface area contributed by atoms with Gasteiger partial charge in [0.15, 0.2) is 12.4 Å². The van der Waals surface area contributed by atoms with E-state index in [0.29, 0.717) is 29.8 Å². The lowest BCUT2D eigenvalue weighted by molar-refractivity contribution is -0.122. The topological polar surface area (TPSA) is 65.2 Å². The van der Waals surface area contributed by atoms with E-state index in [9.17, 15) is 4.79 Å². The Hall–Kier alpha value is -2.17. The number of hydrogen-bond donors (Lipinski definition) is 0. The highest BCUT2D eigenvalue weighted by Crippen LogP contribution is 2.27. The lowest BCUT2D eigenvalue weighted by Gasteiger charge is -2.08. The summed E-state index contributed by atoms with van der Waals surface area (Å²) < 4.78 is 10.6. The Morgan fingerprint density at radius 1 is 1.26 bits per heavy atom. The molecule has 0 spiro atoms. The van der Waals surface area contributed by atoms with Crippen LogP contribution in [-0.4, -0.2) is 15.9 Å². The van der Waals surface area contributed by atoms with Crippen molar-refractivity contribution in [3.05, 3.63) is 41.5 Å². The van der Waals surface area contributed by atoms with E-state index in [-0.39, 0.29) is 6.61 Å². The predicted octanol–water partition coefficient (Wildman–Crippen LogP) is 3.65. The molecule has 2 aromatic rings. The number of hydrogen-bond acceptors (Lipinski definition) is 5. The Morgan fingerprint density at radius 3 is 2.65 bits per heavy atom. The molecule has 23 heavy (non-hydrogen) atoms. The highest BCUT2D eigenvalue weighted by molar-refractivity contribution is 5.81. The number of ketones is 1. The van der Waals surface area contributed by atoms with Gasteiger partial charge in [0.2, 0.25) is 0 Å². The molecule has 0 unspecified atom stereocenters.